The first kappa shape index (κ1) is 41.6. The molecule has 1 aromatic heterocycles. The predicted molar refractivity (Wildman–Crippen MR) is 223 cm³/mol. The highest BCUT2D eigenvalue weighted by Gasteiger charge is 2.23. The number of aromatic nitrogens is 2. The number of anilines is 4. The van der Waals surface area contributed by atoms with Gasteiger partial charge in [-0.25, -0.2) is 9.59 Å². The van der Waals surface area contributed by atoms with Gasteiger partial charge in [-0.1, -0.05) is 12.1 Å². The highest BCUT2D eigenvalue weighted by Crippen LogP contribution is 2.23. The minimum atomic E-state index is -1.05. The lowest BCUT2D eigenvalue weighted by atomic mass is 10.1. The van der Waals surface area contributed by atoms with Crippen molar-refractivity contribution in [2.45, 2.75) is 39.5 Å². The number of amides is 6. The summed E-state index contributed by atoms with van der Waals surface area (Å²) in [6.45, 7) is 3.39. The van der Waals surface area contributed by atoms with E-state index in [2.05, 4.69) is 41.8 Å². The van der Waals surface area contributed by atoms with Crippen LogP contribution in [-0.2, 0) is 16.1 Å². The number of aliphatic hydroxyl groups excluding tert-OH is 1. The van der Waals surface area contributed by atoms with Crippen molar-refractivity contribution >= 4 is 63.8 Å². The van der Waals surface area contributed by atoms with E-state index in [0.29, 0.717) is 56.4 Å². The molecule has 1 aliphatic heterocycles. The van der Waals surface area contributed by atoms with E-state index >= 15 is 0 Å². The van der Waals surface area contributed by atoms with Gasteiger partial charge in [0.1, 0.15) is 0 Å². The van der Waals surface area contributed by atoms with Gasteiger partial charge >= 0.3 is 11.7 Å². The van der Waals surface area contributed by atoms with E-state index in [9.17, 15) is 38.7 Å². The second kappa shape index (κ2) is 19.0. The molecule has 6 rings (SSSR count). The number of benzene rings is 4. The number of hydrogen-bond acceptors (Lipinski definition) is 10. The lowest BCUT2D eigenvalue weighted by molar-refractivity contribution is -0.117. The van der Waals surface area contributed by atoms with Crippen LogP contribution >= 0.6 is 0 Å². The Morgan fingerprint density at radius 1 is 0.667 bits per heavy atom. The summed E-state index contributed by atoms with van der Waals surface area (Å²) in [6.07, 6.45) is 1.80. The SMILES string of the molecule is CC1=CN(CCC(=O)Nc2cccc(C(=O)Nc3ccc(/N=N/c4ccc(NC(=O)c5cccc(NC(=O)CCn6cc(C)c(=O)[nH]c6=O)c5)cc4)cc3)c2)C(=O)NC1O. The van der Waals surface area contributed by atoms with Crippen LogP contribution in [0.3, 0.4) is 0 Å². The summed E-state index contributed by atoms with van der Waals surface area (Å²) in [5.74, 6) is -1.55. The minimum absolute atomic E-state index is 0.00488. The zero-order chi connectivity index (χ0) is 42.8. The highest BCUT2D eigenvalue weighted by atomic mass is 16.3. The zero-order valence-corrected chi connectivity index (χ0v) is 32.4. The Labute approximate surface area is 342 Å². The molecule has 4 aromatic carbocycles. The summed E-state index contributed by atoms with van der Waals surface area (Å²) in [5.41, 5.74) is 3.28. The summed E-state index contributed by atoms with van der Waals surface area (Å²) in [6, 6.07) is 25.7. The first-order chi connectivity index (χ1) is 28.8. The molecule has 18 nitrogen and oxygen atoms in total. The van der Waals surface area contributed by atoms with Crippen LogP contribution in [0.25, 0.3) is 0 Å². The first-order valence-electron chi connectivity index (χ1n) is 18.6. The van der Waals surface area contributed by atoms with Crippen molar-refractivity contribution in [3.05, 3.63) is 153 Å². The molecular weight excluding hydrogens is 773 g/mol. The van der Waals surface area contributed by atoms with E-state index in [1.54, 1.807) is 98.8 Å². The van der Waals surface area contributed by atoms with Crippen LogP contribution in [0.15, 0.2) is 135 Å². The van der Waals surface area contributed by atoms with Gasteiger partial charge in [-0.2, -0.15) is 10.2 Å². The Morgan fingerprint density at radius 2 is 1.17 bits per heavy atom. The van der Waals surface area contributed by atoms with Crippen LogP contribution in [0, 0.1) is 6.92 Å². The van der Waals surface area contributed by atoms with Crippen molar-refractivity contribution < 1.29 is 29.1 Å². The number of aliphatic hydroxyl groups is 1. The summed E-state index contributed by atoms with van der Waals surface area (Å²) in [5, 5.41) is 31.6. The molecule has 0 spiro atoms. The molecule has 0 saturated carbocycles. The standard InChI is InChI=1S/C42H40N10O8/c1-25-23-51(41(59)47-37(25)55)19-17-35(53)43-33-7-3-5-27(21-33)39(57)45-29-9-13-31(14-10-29)49-50-32-15-11-30(12-16-32)46-40(58)28-6-4-8-34(22-28)44-36(54)18-20-52-24-26(2)38(56)48-42(52)60/h3-16,21-24,37,55H,17-20H2,1-2H3,(H,43,53)(H,44,54)(H,45,57)(H,46,58)(H,47,59)(H,48,56,60)/b50-49+. The molecule has 1 unspecified atom stereocenters. The molecular formula is C42H40N10O8. The zero-order valence-electron chi connectivity index (χ0n) is 32.4. The molecule has 5 aromatic rings. The summed E-state index contributed by atoms with van der Waals surface area (Å²) in [4.78, 5) is 90.2. The van der Waals surface area contributed by atoms with Gasteiger partial charge in [0.25, 0.3) is 17.4 Å². The largest absolute Gasteiger partial charge is 0.370 e. The normalized spacial score (nSPS) is 13.6. The molecule has 60 heavy (non-hydrogen) atoms. The topological polar surface area (TPSA) is 249 Å². The molecule has 306 valence electrons. The minimum Gasteiger partial charge on any atom is -0.370 e. The maximum atomic E-state index is 13.0. The third-order valence-electron chi connectivity index (χ3n) is 9.01. The number of aryl methyl sites for hydroxylation is 2. The molecule has 6 amide bonds. The van der Waals surface area contributed by atoms with Gasteiger partial charge < -0.3 is 36.6 Å². The average Bonchev–Trinajstić information content (AvgIpc) is 3.23. The van der Waals surface area contributed by atoms with E-state index < -0.39 is 35.3 Å². The highest BCUT2D eigenvalue weighted by molar-refractivity contribution is 6.06. The molecule has 0 fully saturated rings. The molecule has 7 N–H and O–H groups in total. The van der Waals surface area contributed by atoms with E-state index in [-0.39, 0.29) is 37.7 Å². The van der Waals surface area contributed by atoms with Crippen molar-refractivity contribution in [1.82, 2.24) is 19.8 Å². The number of rotatable bonds is 14. The first-order valence-corrected chi connectivity index (χ1v) is 18.6. The van der Waals surface area contributed by atoms with Gasteiger partial charge in [0.05, 0.1) is 11.4 Å². The van der Waals surface area contributed by atoms with Gasteiger partial charge in [0, 0.05) is 77.8 Å². The van der Waals surface area contributed by atoms with Gasteiger partial charge in [0.15, 0.2) is 6.23 Å². The Bertz CT molecular complexity index is 2620. The lowest BCUT2D eigenvalue weighted by Crippen LogP contribution is -2.48. The van der Waals surface area contributed by atoms with Gasteiger partial charge in [-0.3, -0.25) is 33.5 Å². The number of hydrogen-bond donors (Lipinski definition) is 7. The molecule has 0 radical (unpaired) electrons. The van der Waals surface area contributed by atoms with Crippen LogP contribution in [0.2, 0.25) is 0 Å². The monoisotopic (exact) mass is 812 g/mol. The number of aromatic amines is 1. The molecule has 2 heterocycles. The lowest BCUT2D eigenvalue weighted by Gasteiger charge is -2.27. The third-order valence-corrected chi connectivity index (χ3v) is 9.01. The quantitative estimate of drug-likeness (QED) is 0.0717. The van der Waals surface area contributed by atoms with Crippen LogP contribution in [0.4, 0.5) is 38.9 Å². The fourth-order valence-corrected chi connectivity index (χ4v) is 5.75. The Hall–Kier alpha value is -7.99. The van der Waals surface area contributed by atoms with E-state index in [1.807, 2.05) is 0 Å². The number of carbonyl (C=O) groups excluding carboxylic acids is 5. The number of nitrogens with one attached hydrogen (secondary N) is 6. The van der Waals surface area contributed by atoms with Gasteiger partial charge in [-0.05, 0) is 104 Å². The van der Waals surface area contributed by atoms with E-state index in [0.717, 1.165) is 0 Å². The van der Waals surface area contributed by atoms with Crippen molar-refractivity contribution in [2.75, 3.05) is 27.8 Å². The Morgan fingerprint density at radius 3 is 1.68 bits per heavy atom. The van der Waals surface area contributed by atoms with Crippen molar-refractivity contribution in [2.24, 2.45) is 10.2 Å². The maximum absolute atomic E-state index is 13.0. The molecule has 0 bridgehead atoms. The number of nitrogens with zero attached hydrogens (tertiary/aromatic N) is 4. The number of azo groups is 1. The summed E-state index contributed by atoms with van der Waals surface area (Å²) < 4.78 is 1.25. The third kappa shape index (κ3) is 11.3. The predicted octanol–water partition coefficient (Wildman–Crippen LogP) is 5.37. The molecule has 0 aliphatic carbocycles. The molecule has 18 heteroatoms. The number of H-pyrrole nitrogens is 1. The number of urea groups is 1. The Balaban J connectivity index is 0.953. The smallest absolute Gasteiger partial charge is 0.328 e. The second-order valence-corrected chi connectivity index (χ2v) is 13.6. The fraction of sp³-hybridized carbons (Fsp3) is 0.167. The second-order valence-electron chi connectivity index (χ2n) is 13.6. The average molecular weight is 813 g/mol. The van der Waals surface area contributed by atoms with Crippen LogP contribution < -0.4 is 37.8 Å². The van der Waals surface area contributed by atoms with Crippen molar-refractivity contribution in [1.29, 1.82) is 0 Å². The van der Waals surface area contributed by atoms with Crippen LogP contribution in [0.1, 0.15) is 46.0 Å². The van der Waals surface area contributed by atoms with Crippen molar-refractivity contribution in [3.63, 3.8) is 0 Å². The van der Waals surface area contributed by atoms with E-state index in [1.165, 1.54) is 34.0 Å². The van der Waals surface area contributed by atoms with Gasteiger partial charge in [-0.15, -0.1) is 0 Å². The molecule has 1 atom stereocenters. The summed E-state index contributed by atoms with van der Waals surface area (Å²) in [7, 11) is 0. The van der Waals surface area contributed by atoms with Gasteiger partial charge in [0.2, 0.25) is 11.8 Å². The molecule has 0 saturated heterocycles. The maximum Gasteiger partial charge on any atom is 0.328 e. The molecule has 1 aliphatic rings. The van der Waals surface area contributed by atoms with Crippen LogP contribution in [-0.4, -0.2) is 62.0 Å². The van der Waals surface area contributed by atoms with E-state index in [4.69, 9.17) is 0 Å². The van der Waals surface area contributed by atoms with Crippen molar-refractivity contribution in [3.8, 4) is 0 Å². The fourth-order valence-electron chi connectivity index (χ4n) is 5.75. The summed E-state index contributed by atoms with van der Waals surface area (Å²) >= 11 is 0. The Kier molecular flexibility index (Phi) is 13.2. The number of carbonyl (C=O) groups is 5. The van der Waals surface area contributed by atoms with Crippen LogP contribution in [0.5, 0.6) is 0 Å².